The highest BCUT2D eigenvalue weighted by Gasteiger charge is 2.44. The SMILES string of the molecule is Cc1cc(NC(=O)CCN2CC(c3ccccc3)C3CCCC32)no1. The normalized spacial score (nSPS) is 25.9. The molecule has 4 rings (SSSR count). The first-order valence-electron chi connectivity index (χ1n) is 9.23. The lowest BCUT2D eigenvalue weighted by Gasteiger charge is -2.22. The summed E-state index contributed by atoms with van der Waals surface area (Å²) in [6, 6.07) is 13.2. The van der Waals surface area contributed by atoms with Crippen LogP contribution in [0.15, 0.2) is 40.9 Å². The molecule has 5 heteroatoms. The van der Waals surface area contributed by atoms with Crippen molar-refractivity contribution >= 4 is 11.7 Å². The second-order valence-corrected chi connectivity index (χ2v) is 7.30. The van der Waals surface area contributed by atoms with E-state index in [-0.39, 0.29) is 5.91 Å². The van der Waals surface area contributed by atoms with Gasteiger partial charge in [0, 0.05) is 37.5 Å². The van der Waals surface area contributed by atoms with Gasteiger partial charge in [-0.1, -0.05) is 41.9 Å². The van der Waals surface area contributed by atoms with E-state index in [1.54, 1.807) is 6.07 Å². The Balaban J connectivity index is 1.37. The van der Waals surface area contributed by atoms with Crippen molar-refractivity contribution < 1.29 is 9.32 Å². The summed E-state index contributed by atoms with van der Waals surface area (Å²) in [6.07, 6.45) is 4.37. The van der Waals surface area contributed by atoms with Crippen molar-refractivity contribution in [2.45, 2.75) is 44.6 Å². The van der Waals surface area contributed by atoms with Crippen LogP contribution in [0.4, 0.5) is 5.82 Å². The molecule has 25 heavy (non-hydrogen) atoms. The van der Waals surface area contributed by atoms with Crippen molar-refractivity contribution in [3.63, 3.8) is 0 Å². The molecule has 1 saturated heterocycles. The fourth-order valence-electron chi connectivity index (χ4n) is 4.60. The van der Waals surface area contributed by atoms with Crippen LogP contribution in [0, 0.1) is 12.8 Å². The van der Waals surface area contributed by atoms with Gasteiger partial charge in [-0.15, -0.1) is 0 Å². The zero-order valence-corrected chi connectivity index (χ0v) is 14.6. The number of rotatable bonds is 5. The number of aryl methyl sites for hydroxylation is 1. The predicted octanol–water partition coefficient (Wildman–Crippen LogP) is 3.58. The number of amides is 1. The largest absolute Gasteiger partial charge is 0.360 e. The number of likely N-dealkylation sites (tertiary alicyclic amines) is 1. The van der Waals surface area contributed by atoms with Crippen LogP contribution in [-0.4, -0.2) is 35.1 Å². The molecule has 2 fully saturated rings. The molecule has 0 bridgehead atoms. The lowest BCUT2D eigenvalue weighted by Crippen LogP contribution is -2.33. The average molecular weight is 339 g/mol. The highest BCUT2D eigenvalue weighted by molar-refractivity contribution is 5.89. The van der Waals surface area contributed by atoms with Crippen LogP contribution < -0.4 is 5.32 Å². The Labute approximate surface area is 148 Å². The maximum Gasteiger partial charge on any atom is 0.226 e. The van der Waals surface area contributed by atoms with Crippen molar-refractivity contribution in [2.75, 3.05) is 18.4 Å². The number of fused-ring (bicyclic) bond motifs is 1. The van der Waals surface area contributed by atoms with E-state index in [2.05, 4.69) is 45.7 Å². The number of carbonyl (C=O) groups excluding carboxylic acids is 1. The second kappa shape index (κ2) is 7.00. The summed E-state index contributed by atoms with van der Waals surface area (Å²) in [7, 11) is 0. The summed E-state index contributed by atoms with van der Waals surface area (Å²) in [5.74, 6) is 2.56. The van der Waals surface area contributed by atoms with E-state index in [0.29, 0.717) is 30.0 Å². The monoisotopic (exact) mass is 339 g/mol. The molecular formula is C20H25N3O2. The van der Waals surface area contributed by atoms with Crippen LogP contribution in [0.5, 0.6) is 0 Å². The fourth-order valence-corrected chi connectivity index (χ4v) is 4.60. The molecule has 1 saturated carbocycles. The summed E-state index contributed by atoms with van der Waals surface area (Å²) in [6.45, 7) is 3.69. The van der Waals surface area contributed by atoms with Gasteiger partial charge in [0.15, 0.2) is 5.82 Å². The first kappa shape index (κ1) is 16.3. The minimum absolute atomic E-state index is 0.00556. The van der Waals surface area contributed by atoms with Gasteiger partial charge in [0.1, 0.15) is 5.76 Å². The third kappa shape index (κ3) is 3.47. The van der Waals surface area contributed by atoms with Crippen LogP contribution >= 0.6 is 0 Å². The number of benzene rings is 1. The van der Waals surface area contributed by atoms with Crippen molar-refractivity contribution in [1.82, 2.24) is 10.1 Å². The molecule has 0 spiro atoms. The Morgan fingerprint density at radius 1 is 1.32 bits per heavy atom. The highest BCUT2D eigenvalue weighted by atomic mass is 16.5. The first-order valence-corrected chi connectivity index (χ1v) is 9.23. The highest BCUT2D eigenvalue weighted by Crippen LogP contribution is 2.46. The number of nitrogens with zero attached hydrogens (tertiary/aromatic N) is 2. The Bertz CT molecular complexity index is 728. The standard InChI is InChI=1S/C20H25N3O2/c1-14-12-19(22-25-14)21-20(24)10-11-23-13-17(15-6-3-2-4-7-15)16-8-5-9-18(16)23/h2-4,6-7,12,16-18H,5,8-11,13H2,1H3,(H,21,22,24). The third-order valence-corrected chi connectivity index (χ3v) is 5.70. The molecule has 3 unspecified atom stereocenters. The number of carbonyl (C=O) groups is 1. The summed E-state index contributed by atoms with van der Waals surface area (Å²) in [5, 5.41) is 6.64. The molecule has 132 valence electrons. The van der Waals surface area contributed by atoms with E-state index in [9.17, 15) is 4.79 Å². The van der Waals surface area contributed by atoms with E-state index in [1.165, 1.54) is 24.8 Å². The summed E-state index contributed by atoms with van der Waals surface area (Å²) < 4.78 is 4.99. The summed E-state index contributed by atoms with van der Waals surface area (Å²) in [4.78, 5) is 14.7. The van der Waals surface area contributed by atoms with Crippen LogP contribution in [0.1, 0.15) is 42.9 Å². The maximum absolute atomic E-state index is 12.2. The molecule has 1 aromatic heterocycles. The average Bonchev–Trinajstić information content (AvgIpc) is 3.31. The number of hydrogen-bond donors (Lipinski definition) is 1. The Morgan fingerprint density at radius 2 is 2.16 bits per heavy atom. The molecule has 0 radical (unpaired) electrons. The lowest BCUT2D eigenvalue weighted by molar-refractivity contribution is -0.116. The minimum Gasteiger partial charge on any atom is -0.360 e. The first-order chi connectivity index (χ1) is 12.2. The molecule has 1 aliphatic carbocycles. The van der Waals surface area contributed by atoms with E-state index in [0.717, 1.165) is 19.0 Å². The zero-order valence-electron chi connectivity index (χ0n) is 14.6. The Morgan fingerprint density at radius 3 is 2.92 bits per heavy atom. The molecule has 5 nitrogen and oxygen atoms in total. The van der Waals surface area contributed by atoms with Crippen LogP contribution in [-0.2, 0) is 4.79 Å². The number of aromatic nitrogens is 1. The molecule has 3 atom stereocenters. The van der Waals surface area contributed by atoms with Crippen molar-refractivity contribution in [2.24, 2.45) is 5.92 Å². The molecule has 1 aromatic carbocycles. The van der Waals surface area contributed by atoms with Crippen LogP contribution in [0.25, 0.3) is 0 Å². The van der Waals surface area contributed by atoms with Gasteiger partial charge >= 0.3 is 0 Å². The minimum atomic E-state index is 0.00556. The molecule has 2 aromatic rings. The second-order valence-electron chi connectivity index (χ2n) is 7.30. The Kier molecular flexibility index (Phi) is 4.57. The number of nitrogens with one attached hydrogen (secondary N) is 1. The van der Waals surface area contributed by atoms with Gasteiger partial charge in [-0.3, -0.25) is 9.69 Å². The summed E-state index contributed by atoms with van der Waals surface area (Å²) in [5.41, 5.74) is 1.45. The summed E-state index contributed by atoms with van der Waals surface area (Å²) >= 11 is 0. The van der Waals surface area contributed by atoms with Crippen molar-refractivity contribution in [1.29, 1.82) is 0 Å². The van der Waals surface area contributed by atoms with E-state index in [4.69, 9.17) is 4.52 Å². The number of anilines is 1. The number of hydrogen-bond acceptors (Lipinski definition) is 4. The van der Waals surface area contributed by atoms with Crippen LogP contribution in [0.3, 0.4) is 0 Å². The van der Waals surface area contributed by atoms with E-state index < -0.39 is 0 Å². The topological polar surface area (TPSA) is 58.4 Å². The van der Waals surface area contributed by atoms with Gasteiger partial charge in [0.05, 0.1) is 0 Å². The predicted molar refractivity (Wildman–Crippen MR) is 96.4 cm³/mol. The lowest BCUT2D eigenvalue weighted by atomic mass is 9.87. The molecule has 2 aliphatic rings. The Hall–Kier alpha value is -2.14. The molecular weight excluding hydrogens is 314 g/mol. The zero-order chi connectivity index (χ0) is 17.2. The smallest absolute Gasteiger partial charge is 0.226 e. The molecule has 1 amide bonds. The fraction of sp³-hybridized carbons (Fsp3) is 0.500. The maximum atomic E-state index is 12.2. The van der Waals surface area contributed by atoms with Gasteiger partial charge in [-0.05, 0) is 31.2 Å². The van der Waals surface area contributed by atoms with Gasteiger partial charge < -0.3 is 9.84 Å². The molecule has 2 heterocycles. The van der Waals surface area contributed by atoms with E-state index in [1.807, 2.05) is 6.92 Å². The van der Waals surface area contributed by atoms with Crippen molar-refractivity contribution in [3.05, 3.63) is 47.7 Å². The van der Waals surface area contributed by atoms with Gasteiger partial charge in [-0.25, -0.2) is 0 Å². The third-order valence-electron chi connectivity index (χ3n) is 5.70. The van der Waals surface area contributed by atoms with Gasteiger partial charge in [0.2, 0.25) is 5.91 Å². The molecule has 1 aliphatic heterocycles. The van der Waals surface area contributed by atoms with E-state index >= 15 is 0 Å². The van der Waals surface area contributed by atoms with Gasteiger partial charge in [0.25, 0.3) is 0 Å². The van der Waals surface area contributed by atoms with Crippen LogP contribution in [0.2, 0.25) is 0 Å². The van der Waals surface area contributed by atoms with Crippen molar-refractivity contribution in [3.8, 4) is 0 Å². The molecule has 1 N–H and O–H groups in total. The quantitative estimate of drug-likeness (QED) is 0.904. The van der Waals surface area contributed by atoms with Gasteiger partial charge in [-0.2, -0.15) is 0 Å².